The molecule has 2 aromatic rings. The van der Waals surface area contributed by atoms with Gasteiger partial charge in [-0.15, -0.1) is 10.2 Å². The zero-order valence-corrected chi connectivity index (χ0v) is 14.8. The smallest absolute Gasteiger partial charge is 0.257 e. The molecule has 128 valence electrons. The Kier molecular flexibility index (Phi) is 4.96. The molecule has 0 saturated heterocycles. The van der Waals surface area contributed by atoms with Crippen molar-refractivity contribution in [3.8, 4) is 11.5 Å². The molecule has 0 unspecified atom stereocenters. The minimum absolute atomic E-state index is 0.222. The van der Waals surface area contributed by atoms with Gasteiger partial charge in [-0.1, -0.05) is 11.3 Å². The maximum atomic E-state index is 12.5. The number of carbonyl (C=O) groups excluding carboxylic acids is 1. The number of ether oxygens (including phenoxy) is 2. The van der Waals surface area contributed by atoms with Gasteiger partial charge >= 0.3 is 0 Å². The van der Waals surface area contributed by atoms with Crippen molar-refractivity contribution in [3.63, 3.8) is 0 Å². The second-order valence-corrected chi connectivity index (χ2v) is 6.88. The first-order valence-electron chi connectivity index (χ1n) is 7.71. The number of nitrogens with one attached hydrogen (secondary N) is 1. The van der Waals surface area contributed by atoms with E-state index in [1.807, 2.05) is 27.1 Å². The SMILES string of the molecule is Cc1cc2c(cc1C(=O)Nc1nnc(CCN(C)C)s1)OCCO2. The highest BCUT2D eigenvalue weighted by Gasteiger charge is 2.19. The monoisotopic (exact) mass is 348 g/mol. The van der Waals surface area contributed by atoms with E-state index in [0.29, 0.717) is 35.4 Å². The van der Waals surface area contributed by atoms with Gasteiger partial charge in [0.25, 0.3) is 5.91 Å². The maximum Gasteiger partial charge on any atom is 0.257 e. The van der Waals surface area contributed by atoms with Crippen LogP contribution in [0.25, 0.3) is 0 Å². The molecule has 1 aliphatic rings. The summed E-state index contributed by atoms with van der Waals surface area (Å²) in [5.41, 5.74) is 1.37. The van der Waals surface area contributed by atoms with Crippen LogP contribution in [0.3, 0.4) is 0 Å². The molecule has 2 heterocycles. The van der Waals surface area contributed by atoms with Gasteiger partial charge in [-0.2, -0.15) is 0 Å². The van der Waals surface area contributed by atoms with Gasteiger partial charge in [0.05, 0.1) is 0 Å². The number of aryl methyl sites for hydroxylation is 1. The van der Waals surface area contributed by atoms with Crippen LogP contribution in [0.5, 0.6) is 11.5 Å². The number of amides is 1. The number of nitrogens with zero attached hydrogens (tertiary/aromatic N) is 3. The van der Waals surface area contributed by atoms with E-state index in [1.165, 1.54) is 11.3 Å². The fraction of sp³-hybridized carbons (Fsp3) is 0.438. The minimum Gasteiger partial charge on any atom is -0.486 e. The molecule has 1 N–H and O–H groups in total. The molecular weight excluding hydrogens is 328 g/mol. The van der Waals surface area contributed by atoms with E-state index in [1.54, 1.807) is 6.07 Å². The van der Waals surface area contributed by atoms with Gasteiger partial charge in [-0.25, -0.2) is 0 Å². The summed E-state index contributed by atoms with van der Waals surface area (Å²) < 4.78 is 11.1. The Balaban J connectivity index is 1.71. The standard InChI is InChI=1S/C16H20N4O3S/c1-10-8-12-13(23-7-6-22-12)9-11(10)15(21)17-16-19-18-14(24-16)4-5-20(2)3/h8-9H,4-7H2,1-3H3,(H,17,19,21). The number of likely N-dealkylation sites (N-methyl/N-ethyl adjacent to an activating group) is 1. The number of benzene rings is 1. The van der Waals surface area contributed by atoms with Crippen molar-refractivity contribution in [2.45, 2.75) is 13.3 Å². The second kappa shape index (κ2) is 7.14. The van der Waals surface area contributed by atoms with Crippen molar-refractivity contribution in [1.29, 1.82) is 0 Å². The quantitative estimate of drug-likeness (QED) is 0.890. The number of aromatic nitrogens is 2. The largest absolute Gasteiger partial charge is 0.486 e. The zero-order valence-electron chi connectivity index (χ0n) is 14.0. The predicted octanol–water partition coefficient (Wildman–Crippen LogP) is 1.97. The van der Waals surface area contributed by atoms with Gasteiger partial charge in [-0.05, 0) is 38.7 Å². The summed E-state index contributed by atoms with van der Waals surface area (Å²) >= 11 is 1.40. The molecule has 0 spiro atoms. The molecule has 1 aromatic heterocycles. The average molecular weight is 348 g/mol. The van der Waals surface area contributed by atoms with Crippen molar-refractivity contribution < 1.29 is 14.3 Å². The summed E-state index contributed by atoms with van der Waals surface area (Å²) in [6, 6.07) is 3.54. The molecule has 0 atom stereocenters. The molecule has 0 bridgehead atoms. The minimum atomic E-state index is -0.222. The third kappa shape index (κ3) is 3.82. The van der Waals surface area contributed by atoms with E-state index < -0.39 is 0 Å². The van der Waals surface area contributed by atoms with Crippen LogP contribution in [0.4, 0.5) is 5.13 Å². The van der Waals surface area contributed by atoms with Crippen LogP contribution in [0.1, 0.15) is 20.9 Å². The summed E-state index contributed by atoms with van der Waals surface area (Å²) in [6.45, 7) is 3.78. The van der Waals surface area contributed by atoms with Gasteiger partial charge in [0, 0.05) is 18.5 Å². The van der Waals surface area contributed by atoms with E-state index in [4.69, 9.17) is 9.47 Å². The molecule has 7 nitrogen and oxygen atoms in total. The van der Waals surface area contributed by atoms with Crippen LogP contribution in [0.15, 0.2) is 12.1 Å². The summed E-state index contributed by atoms with van der Waals surface area (Å²) in [5.74, 6) is 1.05. The van der Waals surface area contributed by atoms with Crippen LogP contribution in [-0.4, -0.2) is 54.9 Å². The van der Waals surface area contributed by atoms with Gasteiger partial charge in [0.15, 0.2) is 11.5 Å². The van der Waals surface area contributed by atoms with Gasteiger partial charge in [0.1, 0.15) is 18.2 Å². The van der Waals surface area contributed by atoms with Crippen molar-refractivity contribution in [2.75, 3.05) is 39.2 Å². The van der Waals surface area contributed by atoms with E-state index in [-0.39, 0.29) is 5.91 Å². The first-order valence-corrected chi connectivity index (χ1v) is 8.53. The molecule has 0 aliphatic carbocycles. The molecule has 0 radical (unpaired) electrons. The highest BCUT2D eigenvalue weighted by atomic mass is 32.1. The molecule has 0 saturated carbocycles. The Morgan fingerprint density at radius 3 is 2.67 bits per heavy atom. The Morgan fingerprint density at radius 2 is 1.96 bits per heavy atom. The number of hydrogen-bond acceptors (Lipinski definition) is 7. The maximum absolute atomic E-state index is 12.5. The Morgan fingerprint density at radius 1 is 1.25 bits per heavy atom. The van der Waals surface area contributed by atoms with Gasteiger partial charge in [-0.3, -0.25) is 10.1 Å². The lowest BCUT2D eigenvalue weighted by Gasteiger charge is -2.20. The summed E-state index contributed by atoms with van der Waals surface area (Å²) in [6.07, 6.45) is 0.809. The van der Waals surface area contributed by atoms with E-state index >= 15 is 0 Å². The fourth-order valence-corrected chi connectivity index (χ4v) is 3.05. The van der Waals surface area contributed by atoms with Crippen LogP contribution >= 0.6 is 11.3 Å². The molecule has 24 heavy (non-hydrogen) atoms. The van der Waals surface area contributed by atoms with E-state index in [0.717, 1.165) is 23.5 Å². The molecule has 0 fully saturated rings. The van der Waals surface area contributed by atoms with Crippen molar-refractivity contribution >= 4 is 22.4 Å². The summed E-state index contributed by atoms with van der Waals surface area (Å²) in [5, 5.41) is 12.4. The van der Waals surface area contributed by atoms with Crippen molar-refractivity contribution in [2.24, 2.45) is 0 Å². The fourth-order valence-electron chi connectivity index (χ4n) is 2.32. The Bertz CT molecular complexity index is 745. The number of rotatable bonds is 5. The van der Waals surface area contributed by atoms with Crippen LogP contribution in [0, 0.1) is 6.92 Å². The number of anilines is 1. The zero-order chi connectivity index (χ0) is 17.1. The molecule has 8 heteroatoms. The molecule has 1 amide bonds. The van der Waals surface area contributed by atoms with Crippen LogP contribution in [0.2, 0.25) is 0 Å². The first kappa shape index (κ1) is 16.7. The molecule has 1 aromatic carbocycles. The van der Waals surface area contributed by atoms with Gasteiger partial charge in [0.2, 0.25) is 5.13 Å². The second-order valence-electron chi connectivity index (χ2n) is 5.82. The normalized spacial score (nSPS) is 13.2. The van der Waals surface area contributed by atoms with Gasteiger partial charge < -0.3 is 14.4 Å². The lowest BCUT2D eigenvalue weighted by molar-refractivity contribution is 0.102. The lowest BCUT2D eigenvalue weighted by Crippen LogP contribution is -2.18. The highest BCUT2D eigenvalue weighted by molar-refractivity contribution is 7.15. The van der Waals surface area contributed by atoms with Crippen molar-refractivity contribution in [3.05, 3.63) is 28.3 Å². The topological polar surface area (TPSA) is 76.6 Å². The summed E-state index contributed by atoms with van der Waals surface area (Å²) in [4.78, 5) is 14.6. The lowest BCUT2D eigenvalue weighted by atomic mass is 10.1. The molecule has 1 aliphatic heterocycles. The summed E-state index contributed by atoms with van der Waals surface area (Å²) in [7, 11) is 4.02. The highest BCUT2D eigenvalue weighted by Crippen LogP contribution is 2.33. The average Bonchev–Trinajstić information content (AvgIpc) is 2.99. The first-order chi connectivity index (χ1) is 11.5. The third-order valence-electron chi connectivity index (χ3n) is 3.59. The Hall–Kier alpha value is -2.19. The van der Waals surface area contributed by atoms with Crippen molar-refractivity contribution in [1.82, 2.24) is 15.1 Å². The number of hydrogen-bond donors (Lipinski definition) is 1. The van der Waals surface area contributed by atoms with E-state index in [2.05, 4.69) is 20.4 Å². The number of fused-ring (bicyclic) bond motifs is 1. The third-order valence-corrected chi connectivity index (χ3v) is 4.49. The Labute approximate surface area is 144 Å². The molecular formula is C16H20N4O3S. The number of carbonyl (C=O) groups is 1. The predicted molar refractivity (Wildman–Crippen MR) is 92.3 cm³/mol. The van der Waals surface area contributed by atoms with Crippen LogP contribution < -0.4 is 14.8 Å². The molecule has 3 rings (SSSR count). The van der Waals surface area contributed by atoms with Crippen LogP contribution in [-0.2, 0) is 6.42 Å². The van der Waals surface area contributed by atoms with E-state index in [9.17, 15) is 4.79 Å².